The van der Waals surface area contributed by atoms with Gasteiger partial charge in [-0.05, 0) is 19.9 Å². The van der Waals surface area contributed by atoms with Crippen LogP contribution in [-0.2, 0) is 4.74 Å². The Morgan fingerprint density at radius 3 is 2.80 bits per heavy atom. The van der Waals surface area contributed by atoms with Crippen molar-refractivity contribution in [2.45, 2.75) is 19.9 Å². The first kappa shape index (κ1) is 13.9. The van der Waals surface area contributed by atoms with Crippen LogP contribution in [0.3, 0.4) is 0 Å². The molecule has 0 aliphatic carbocycles. The number of nitrogens with one attached hydrogen (secondary N) is 1. The molecule has 0 saturated heterocycles. The molecule has 0 radical (unpaired) electrons. The number of aromatic nitrogens is 3. The third kappa shape index (κ3) is 2.87. The van der Waals surface area contributed by atoms with E-state index in [1.165, 1.54) is 13.3 Å². The van der Waals surface area contributed by atoms with Crippen LogP contribution in [-0.4, -0.2) is 27.8 Å². The van der Waals surface area contributed by atoms with E-state index in [-0.39, 0.29) is 17.3 Å². The van der Waals surface area contributed by atoms with Gasteiger partial charge >= 0.3 is 5.97 Å². The van der Waals surface area contributed by atoms with Gasteiger partial charge in [0.1, 0.15) is 5.82 Å². The molecule has 0 aliphatic rings. The van der Waals surface area contributed by atoms with Crippen molar-refractivity contribution in [1.29, 1.82) is 0 Å². The molecule has 0 fully saturated rings. The van der Waals surface area contributed by atoms with Crippen molar-refractivity contribution in [1.82, 2.24) is 14.8 Å². The van der Waals surface area contributed by atoms with Crippen LogP contribution in [0.2, 0.25) is 0 Å². The van der Waals surface area contributed by atoms with Crippen LogP contribution in [0.25, 0.3) is 0 Å². The maximum Gasteiger partial charge on any atom is 0.340 e. The minimum Gasteiger partial charge on any atom is -0.465 e. The summed E-state index contributed by atoms with van der Waals surface area (Å²) in [6.45, 7) is 4.07. The Hall–Kier alpha value is -2.57. The summed E-state index contributed by atoms with van der Waals surface area (Å²) in [4.78, 5) is 15.7. The first-order valence-electron chi connectivity index (χ1n) is 6.16. The van der Waals surface area contributed by atoms with E-state index < -0.39 is 5.97 Å². The molecule has 0 unspecified atom stereocenters. The second-order valence-electron chi connectivity index (χ2n) is 4.58. The van der Waals surface area contributed by atoms with Crippen molar-refractivity contribution < 1.29 is 9.53 Å². The fourth-order valence-electron chi connectivity index (χ4n) is 1.65. The Labute approximate surface area is 116 Å². The number of nitrogens with zero attached hydrogens (tertiary/aromatic N) is 3. The summed E-state index contributed by atoms with van der Waals surface area (Å²) < 4.78 is 6.49. The molecule has 2 rings (SSSR count). The van der Waals surface area contributed by atoms with E-state index in [2.05, 4.69) is 20.1 Å². The standard InChI is InChI=1S/C13H17N5O2/c1-8(2)18-7-9(5-16-18)17-12-4-10(13(19)20-3)11(14)6-15-12/h4-8H,14H2,1-3H3,(H,15,17). The molecular formula is C13H17N5O2. The van der Waals surface area contributed by atoms with Crippen molar-refractivity contribution in [3.8, 4) is 0 Å². The van der Waals surface area contributed by atoms with Crippen molar-refractivity contribution in [2.24, 2.45) is 0 Å². The first-order chi connectivity index (χ1) is 9.51. The fraction of sp³-hybridized carbons (Fsp3) is 0.308. The number of hydrogen-bond acceptors (Lipinski definition) is 6. The van der Waals surface area contributed by atoms with Crippen LogP contribution in [0, 0.1) is 0 Å². The van der Waals surface area contributed by atoms with E-state index in [0.29, 0.717) is 5.82 Å². The van der Waals surface area contributed by atoms with E-state index in [0.717, 1.165) is 5.69 Å². The zero-order valence-electron chi connectivity index (χ0n) is 11.6. The van der Waals surface area contributed by atoms with E-state index in [4.69, 9.17) is 5.73 Å². The Kier molecular flexibility index (Phi) is 3.88. The lowest BCUT2D eigenvalue weighted by atomic mass is 10.2. The van der Waals surface area contributed by atoms with E-state index >= 15 is 0 Å². The molecule has 2 aromatic heterocycles. The van der Waals surface area contributed by atoms with Gasteiger partial charge in [-0.2, -0.15) is 5.10 Å². The van der Waals surface area contributed by atoms with Crippen LogP contribution in [0.5, 0.6) is 0 Å². The molecule has 3 N–H and O–H groups in total. The summed E-state index contributed by atoms with van der Waals surface area (Å²) in [5.74, 6) is 0.00808. The molecule has 2 aromatic rings. The minimum absolute atomic E-state index is 0.274. The Bertz CT molecular complexity index is 621. The van der Waals surface area contributed by atoms with Crippen molar-refractivity contribution in [2.75, 3.05) is 18.2 Å². The van der Waals surface area contributed by atoms with E-state index in [1.807, 2.05) is 24.7 Å². The number of rotatable bonds is 4. The maximum absolute atomic E-state index is 11.6. The Morgan fingerprint density at radius 1 is 1.45 bits per heavy atom. The molecule has 2 heterocycles. The molecule has 0 amide bonds. The largest absolute Gasteiger partial charge is 0.465 e. The Morgan fingerprint density at radius 2 is 2.20 bits per heavy atom. The van der Waals surface area contributed by atoms with Gasteiger partial charge in [-0.25, -0.2) is 9.78 Å². The third-order valence-electron chi connectivity index (χ3n) is 2.74. The molecule has 0 aromatic carbocycles. The SMILES string of the molecule is COC(=O)c1cc(Nc2cnn(C(C)C)c2)ncc1N. The number of nitrogens with two attached hydrogens (primary N) is 1. The predicted octanol–water partition coefficient (Wildman–Crippen LogP) is 1.97. The number of hydrogen-bond donors (Lipinski definition) is 2. The summed E-state index contributed by atoms with van der Waals surface area (Å²) >= 11 is 0. The van der Waals surface area contributed by atoms with E-state index in [1.54, 1.807) is 12.3 Å². The second-order valence-corrected chi connectivity index (χ2v) is 4.58. The van der Waals surface area contributed by atoms with Crippen molar-refractivity contribution in [3.63, 3.8) is 0 Å². The monoisotopic (exact) mass is 275 g/mol. The zero-order chi connectivity index (χ0) is 14.7. The number of carbonyl (C=O) groups is 1. The minimum atomic E-state index is -0.495. The van der Waals surface area contributed by atoms with Crippen molar-refractivity contribution >= 4 is 23.2 Å². The van der Waals surface area contributed by atoms with Gasteiger partial charge in [0.15, 0.2) is 0 Å². The average Bonchev–Trinajstić information content (AvgIpc) is 2.89. The number of nitrogen functional groups attached to an aromatic ring is 1. The normalized spacial score (nSPS) is 10.6. The number of methoxy groups -OCH3 is 1. The molecule has 0 spiro atoms. The highest BCUT2D eigenvalue weighted by molar-refractivity contribution is 5.95. The topological polar surface area (TPSA) is 95.1 Å². The lowest BCUT2D eigenvalue weighted by molar-refractivity contribution is 0.0602. The summed E-state index contributed by atoms with van der Waals surface area (Å²) in [5.41, 5.74) is 7.04. The van der Waals surface area contributed by atoms with Crippen molar-refractivity contribution in [3.05, 3.63) is 30.2 Å². The molecule has 0 saturated carbocycles. The molecular weight excluding hydrogens is 258 g/mol. The van der Waals surface area contributed by atoms with Gasteiger partial charge in [-0.3, -0.25) is 4.68 Å². The van der Waals surface area contributed by atoms with E-state index in [9.17, 15) is 4.79 Å². The molecule has 0 atom stereocenters. The van der Waals surface area contributed by atoms with Gasteiger partial charge < -0.3 is 15.8 Å². The lowest BCUT2D eigenvalue weighted by Gasteiger charge is -2.07. The first-order valence-corrected chi connectivity index (χ1v) is 6.16. The van der Waals surface area contributed by atoms with Gasteiger partial charge in [-0.15, -0.1) is 0 Å². The third-order valence-corrected chi connectivity index (χ3v) is 2.74. The van der Waals surface area contributed by atoms with Crippen LogP contribution in [0.4, 0.5) is 17.2 Å². The highest BCUT2D eigenvalue weighted by Gasteiger charge is 2.12. The molecule has 7 nitrogen and oxygen atoms in total. The van der Waals surface area contributed by atoms with Gasteiger partial charge in [0.25, 0.3) is 0 Å². The highest BCUT2D eigenvalue weighted by atomic mass is 16.5. The van der Waals surface area contributed by atoms with Gasteiger partial charge in [0.05, 0.1) is 36.4 Å². The summed E-state index contributed by atoms with van der Waals surface area (Å²) in [5, 5.41) is 7.28. The fourth-order valence-corrected chi connectivity index (χ4v) is 1.65. The van der Waals surface area contributed by atoms with Crippen LogP contribution in [0.15, 0.2) is 24.7 Å². The molecule has 106 valence electrons. The maximum atomic E-state index is 11.6. The van der Waals surface area contributed by atoms with Gasteiger partial charge in [-0.1, -0.05) is 0 Å². The summed E-state index contributed by atoms with van der Waals surface area (Å²) in [6, 6.07) is 1.82. The molecule has 7 heteroatoms. The zero-order valence-corrected chi connectivity index (χ0v) is 11.6. The quantitative estimate of drug-likeness (QED) is 0.828. The Balaban J connectivity index is 2.22. The lowest BCUT2D eigenvalue weighted by Crippen LogP contribution is -2.07. The van der Waals surface area contributed by atoms with Crippen LogP contribution < -0.4 is 11.1 Å². The molecule has 0 aliphatic heterocycles. The number of ether oxygens (including phenoxy) is 1. The second kappa shape index (κ2) is 5.60. The average molecular weight is 275 g/mol. The van der Waals surface area contributed by atoms with Gasteiger partial charge in [0, 0.05) is 12.2 Å². The predicted molar refractivity (Wildman–Crippen MR) is 75.9 cm³/mol. The molecule has 20 heavy (non-hydrogen) atoms. The number of carbonyl (C=O) groups excluding carboxylic acids is 1. The summed E-state index contributed by atoms with van der Waals surface area (Å²) in [6.07, 6.45) is 4.97. The smallest absolute Gasteiger partial charge is 0.340 e. The molecule has 0 bridgehead atoms. The number of pyridine rings is 1. The van der Waals surface area contributed by atoms with Crippen LogP contribution >= 0.6 is 0 Å². The number of anilines is 3. The number of esters is 1. The summed E-state index contributed by atoms with van der Waals surface area (Å²) in [7, 11) is 1.31. The van der Waals surface area contributed by atoms with Gasteiger partial charge in [0.2, 0.25) is 0 Å². The van der Waals surface area contributed by atoms with Crippen LogP contribution in [0.1, 0.15) is 30.2 Å². The highest BCUT2D eigenvalue weighted by Crippen LogP contribution is 2.20.